The number of amides is 1. The van der Waals surface area contributed by atoms with Gasteiger partial charge >= 0.3 is 0 Å². The number of anilines is 2. The summed E-state index contributed by atoms with van der Waals surface area (Å²) in [6.07, 6.45) is 2.75. The molecule has 130 valence electrons. The van der Waals surface area contributed by atoms with E-state index in [-0.39, 0.29) is 12.5 Å². The number of benzene rings is 2. The van der Waals surface area contributed by atoms with E-state index in [0.717, 1.165) is 6.26 Å². The molecule has 0 aliphatic carbocycles. The lowest BCUT2D eigenvalue weighted by atomic mass is 10.1. The molecule has 8 heteroatoms. The number of rotatable bonds is 4. The third kappa shape index (κ3) is 4.32. The number of carbonyl (C=O) groups is 1. The third-order valence-electron chi connectivity index (χ3n) is 3.45. The van der Waals surface area contributed by atoms with Gasteiger partial charge in [0.2, 0.25) is 10.0 Å². The van der Waals surface area contributed by atoms with Crippen LogP contribution >= 0.6 is 11.6 Å². The predicted octanol–water partition coefficient (Wildman–Crippen LogP) is 3.13. The highest BCUT2D eigenvalue weighted by Crippen LogP contribution is 2.30. The van der Waals surface area contributed by atoms with Crippen molar-refractivity contribution in [3.05, 3.63) is 58.6 Å². The fourth-order valence-corrected chi connectivity index (χ4v) is 3.12. The van der Waals surface area contributed by atoms with E-state index < -0.39 is 10.0 Å². The molecule has 0 unspecified atom stereocenters. The zero-order valence-corrected chi connectivity index (χ0v) is 14.8. The van der Waals surface area contributed by atoms with Crippen LogP contribution in [-0.2, 0) is 14.8 Å². The van der Waals surface area contributed by atoms with Gasteiger partial charge in [-0.2, -0.15) is 0 Å². The minimum atomic E-state index is -3.46. The summed E-state index contributed by atoms with van der Waals surface area (Å²) in [7, 11) is -3.46. The molecule has 25 heavy (non-hydrogen) atoms. The van der Waals surface area contributed by atoms with Crippen LogP contribution in [0.1, 0.15) is 5.56 Å². The summed E-state index contributed by atoms with van der Waals surface area (Å²) in [5.74, 6) is 0.272. The van der Waals surface area contributed by atoms with Crippen LogP contribution in [0.25, 0.3) is 6.08 Å². The van der Waals surface area contributed by atoms with Gasteiger partial charge in [0.05, 0.1) is 23.2 Å². The molecule has 0 saturated carbocycles. The second kappa shape index (κ2) is 6.78. The zero-order chi connectivity index (χ0) is 18.0. The molecule has 0 aromatic heterocycles. The van der Waals surface area contributed by atoms with Crippen molar-refractivity contribution in [3.8, 4) is 5.75 Å². The van der Waals surface area contributed by atoms with Crippen molar-refractivity contribution < 1.29 is 17.9 Å². The zero-order valence-electron chi connectivity index (χ0n) is 13.2. The number of hydrogen-bond donors (Lipinski definition) is 2. The topological polar surface area (TPSA) is 84.5 Å². The summed E-state index contributed by atoms with van der Waals surface area (Å²) in [5, 5.41) is 3.25. The van der Waals surface area contributed by atoms with Crippen molar-refractivity contribution in [1.29, 1.82) is 0 Å². The van der Waals surface area contributed by atoms with Crippen molar-refractivity contribution in [1.82, 2.24) is 0 Å². The fraction of sp³-hybridized carbons (Fsp3) is 0.118. The molecule has 3 rings (SSSR count). The molecule has 1 aliphatic rings. The second-order valence-electron chi connectivity index (χ2n) is 5.51. The summed E-state index contributed by atoms with van der Waals surface area (Å²) in [4.78, 5) is 12.5. The smallest absolute Gasteiger partial charge is 0.255 e. The highest BCUT2D eigenvalue weighted by atomic mass is 35.5. The average molecular weight is 379 g/mol. The Balaban J connectivity index is 1.84. The number of sulfonamides is 1. The Kier molecular flexibility index (Phi) is 4.69. The van der Waals surface area contributed by atoms with Gasteiger partial charge in [-0.3, -0.25) is 9.52 Å². The van der Waals surface area contributed by atoms with Crippen molar-refractivity contribution in [2.24, 2.45) is 0 Å². The first-order valence-electron chi connectivity index (χ1n) is 7.33. The number of para-hydroxylation sites is 2. The molecule has 0 radical (unpaired) electrons. The van der Waals surface area contributed by atoms with Crippen molar-refractivity contribution in [2.45, 2.75) is 0 Å². The summed E-state index contributed by atoms with van der Waals surface area (Å²) in [6.45, 7) is 0.113. The first-order valence-corrected chi connectivity index (χ1v) is 9.60. The molecule has 0 saturated heterocycles. The van der Waals surface area contributed by atoms with Gasteiger partial charge < -0.3 is 10.1 Å². The third-order valence-corrected chi connectivity index (χ3v) is 4.27. The van der Waals surface area contributed by atoms with Crippen LogP contribution in [0.2, 0.25) is 5.02 Å². The van der Waals surface area contributed by atoms with Crippen LogP contribution in [0.4, 0.5) is 11.4 Å². The molecule has 1 aliphatic heterocycles. The van der Waals surface area contributed by atoms with Gasteiger partial charge in [-0.1, -0.05) is 23.7 Å². The number of carbonyl (C=O) groups excluding carboxylic acids is 1. The summed E-state index contributed by atoms with van der Waals surface area (Å²) < 4.78 is 30.8. The van der Waals surface area contributed by atoms with Crippen LogP contribution in [0.5, 0.6) is 5.75 Å². The van der Waals surface area contributed by atoms with Gasteiger partial charge in [0.25, 0.3) is 5.91 Å². The lowest BCUT2D eigenvalue weighted by molar-refractivity contribution is -0.113. The summed E-state index contributed by atoms with van der Waals surface area (Å²) in [5.41, 5.74) is 1.77. The van der Waals surface area contributed by atoms with Crippen molar-refractivity contribution >= 4 is 45.0 Å². The van der Waals surface area contributed by atoms with E-state index in [0.29, 0.717) is 33.3 Å². The van der Waals surface area contributed by atoms with Crippen LogP contribution in [-0.4, -0.2) is 27.2 Å². The Hall–Kier alpha value is -2.51. The maximum absolute atomic E-state index is 12.5. The lowest BCUT2D eigenvalue weighted by Gasteiger charge is -2.18. The maximum atomic E-state index is 12.5. The quantitative estimate of drug-likeness (QED) is 0.856. The van der Waals surface area contributed by atoms with Gasteiger partial charge in [0.1, 0.15) is 12.4 Å². The number of nitrogens with one attached hydrogen (secondary N) is 2. The van der Waals surface area contributed by atoms with Crippen LogP contribution < -0.4 is 14.8 Å². The Morgan fingerprint density at radius 2 is 1.88 bits per heavy atom. The van der Waals surface area contributed by atoms with E-state index in [9.17, 15) is 13.2 Å². The first-order chi connectivity index (χ1) is 11.8. The van der Waals surface area contributed by atoms with E-state index >= 15 is 0 Å². The molecule has 1 amide bonds. The van der Waals surface area contributed by atoms with Gasteiger partial charge in [0, 0.05) is 10.6 Å². The van der Waals surface area contributed by atoms with Gasteiger partial charge in [0.15, 0.2) is 0 Å². The molecule has 0 fully saturated rings. The molecule has 2 aromatic carbocycles. The van der Waals surface area contributed by atoms with Crippen LogP contribution in [0.15, 0.2) is 48.0 Å². The molecule has 0 atom stereocenters. The standard InChI is InChI=1S/C17H15ClN2O4S/c1-25(22,23)20-15-5-3-2-4-14(15)19-17(21)12-8-11-9-13(18)6-7-16(11)24-10-12/h2-9,20H,10H2,1H3,(H,19,21). The van der Waals surface area contributed by atoms with E-state index in [1.54, 1.807) is 48.5 Å². The normalized spacial score (nSPS) is 13.3. The fourth-order valence-electron chi connectivity index (χ4n) is 2.36. The van der Waals surface area contributed by atoms with E-state index in [2.05, 4.69) is 10.0 Å². The van der Waals surface area contributed by atoms with E-state index in [1.807, 2.05) is 0 Å². The second-order valence-corrected chi connectivity index (χ2v) is 7.70. The molecule has 0 spiro atoms. The monoisotopic (exact) mass is 378 g/mol. The molecule has 2 aromatic rings. The molecule has 1 heterocycles. The number of ether oxygens (including phenoxy) is 1. The Morgan fingerprint density at radius 3 is 2.60 bits per heavy atom. The van der Waals surface area contributed by atoms with Gasteiger partial charge in [-0.05, 0) is 36.4 Å². The van der Waals surface area contributed by atoms with Gasteiger partial charge in [-0.25, -0.2) is 8.42 Å². The molecule has 0 bridgehead atoms. The SMILES string of the molecule is CS(=O)(=O)Nc1ccccc1NC(=O)C1=Cc2cc(Cl)ccc2OC1. The average Bonchev–Trinajstić information content (AvgIpc) is 2.54. The van der Waals surface area contributed by atoms with Gasteiger partial charge in [-0.15, -0.1) is 0 Å². The highest BCUT2D eigenvalue weighted by molar-refractivity contribution is 7.92. The molecular formula is C17H15ClN2O4S. The van der Waals surface area contributed by atoms with Crippen LogP contribution in [0.3, 0.4) is 0 Å². The van der Waals surface area contributed by atoms with Crippen LogP contribution in [0, 0.1) is 0 Å². The lowest BCUT2D eigenvalue weighted by Crippen LogP contribution is -2.22. The Bertz CT molecular complexity index is 970. The van der Waals surface area contributed by atoms with E-state index in [1.165, 1.54) is 0 Å². The predicted molar refractivity (Wildman–Crippen MR) is 98.5 cm³/mol. The number of fused-ring (bicyclic) bond motifs is 1. The maximum Gasteiger partial charge on any atom is 0.255 e. The Morgan fingerprint density at radius 1 is 1.16 bits per heavy atom. The van der Waals surface area contributed by atoms with Crippen molar-refractivity contribution in [2.75, 3.05) is 22.9 Å². The minimum Gasteiger partial charge on any atom is -0.488 e. The van der Waals surface area contributed by atoms with E-state index in [4.69, 9.17) is 16.3 Å². The highest BCUT2D eigenvalue weighted by Gasteiger charge is 2.19. The van der Waals surface area contributed by atoms with Crippen molar-refractivity contribution in [3.63, 3.8) is 0 Å². The molecular weight excluding hydrogens is 364 g/mol. The summed E-state index contributed by atoms with van der Waals surface area (Å²) >= 11 is 5.97. The summed E-state index contributed by atoms with van der Waals surface area (Å²) in [6, 6.07) is 11.7. The number of hydrogen-bond acceptors (Lipinski definition) is 4. The number of halogens is 1. The molecule has 2 N–H and O–H groups in total. The molecule has 6 nitrogen and oxygen atoms in total. The first kappa shape index (κ1) is 17.3. The largest absolute Gasteiger partial charge is 0.488 e. The Labute approximate surface area is 150 Å². The minimum absolute atomic E-state index is 0.113.